The molecule has 0 amide bonds. The summed E-state index contributed by atoms with van der Waals surface area (Å²) >= 11 is 0. The predicted molar refractivity (Wildman–Crippen MR) is 75.9 cm³/mol. The van der Waals surface area contributed by atoms with Crippen molar-refractivity contribution in [3.63, 3.8) is 0 Å². The fourth-order valence-corrected chi connectivity index (χ4v) is 4.62. The van der Waals surface area contributed by atoms with E-state index in [1.165, 1.54) is 0 Å². The van der Waals surface area contributed by atoms with Gasteiger partial charge in [-0.25, -0.2) is 0 Å². The molecule has 2 rings (SSSR count). The van der Waals surface area contributed by atoms with E-state index in [2.05, 4.69) is 11.8 Å². The summed E-state index contributed by atoms with van der Waals surface area (Å²) in [4.78, 5) is 2.20. The van der Waals surface area contributed by atoms with Crippen molar-refractivity contribution in [3.05, 3.63) is 0 Å². The Hall–Kier alpha value is -0.210. The van der Waals surface area contributed by atoms with Crippen LogP contribution < -0.4 is 5.73 Å². The molecule has 0 bridgehead atoms. The largest absolute Gasteiger partial charge is 0.330 e. The standard InChI is InChI=1S/C12H26N4O2S/c1-11-9-16(7-6-14(11)2)19(17,18)15-5-3-4-12(8-13)10-15/h11-12H,3-10,13H2,1-2H3. The number of piperidine rings is 1. The monoisotopic (exact) mass is 290 g/mol. The Morgan fingerprint density at radius 3 is 2.47 bits per heavy atom. The molecule has 0 aromatic heterocycles. The first kappa shape index (κ1) is 15.2. The summed E-state index contributed by atoms with van der Waals surface area (Å²) in [7, 11) is -1.26. The van der Waals surface area contributed by atoms with Crippen LogP contribution in [0.5, 0.6) is 0 Å². The number of hydrogen-bond acceptors (Lipinski definition) is 4. The number of rotatable bonds is 3. The van der Waals surface area contributed by atoms with Crippen LogP contribution in [-0.2, 0) is 10.2 Å². The van der Waals surface area contributed by atoms with Crippen molar-refractivity contribution in [1.82, 2.24) is 13.5 Å². The average molecular weight is 290 g/mol. The molecule has 0 radical (unpaired) electrons. The molecular formula is C12H26N4O2S. The van der Waals surface area contributed by atoms with Gasteiger partial charge in [0.05, 0.1) is 0 Å². The van der Waals surface area contributed by atoms with Gasteiger partial charge >= 0.3 is 0 Å². The van der Waals surface area contributed by atoms with Gasteiger partial charge in [-0.15, -0.1) is 0 Å². The van der Waals surface area contributed by atoms with E-state index in [0.29, 0.717) is 38.6 Å². The first-order chi connectivity index (χ1) is 8.95. The van der Waals surface area contributed by atoms with Crippen molar-refractivity contribution >= 4 is 10.2 Å². The van der Waals surface area contributed by atoms with E-state index in [1.807, 2.05) is 7.05 Å². The lowest BCUT2D eigenvalue weighted by atomic mass is 10.0. The Bertz CT molecular complexity index is 389. The van der Waals surface area contributed by atoms with E-state index in [1.54, 1.807) is 8.61 Å². The highest BCUT2D eigenvalue weighted by Crippen LogP contribution is 2.22. The van der Waals surface area contributed by atoms with Gasteiger partial charge in [0.2, 0.25) is 0 Å². The normalized spacial score (nSPS) is 32.6. The SMILES string of the molecule is CC1CN(S(=O)(=O)N2CCCC(CN)C2)CCN1C. The van der Waals surface area contributed by atoms with E-state index >= 15 is 0 Å². The van der Waals surface area contributed by atoms with E-state index in [4.69, 9.17) is 5.73 Å². The third-order valence-electron chi connectivity index (χ3n) is 4.39. The quantitative estimate of drug-likeness (QED) is 0.763. The second-order valence-electron chi connectivity index (χ2n) is 5.80. The number of nitrogens with two attached hydrogens (primary N) is 1. The minimum atomic E-state index is -3.30. The van der Waals surface area contributed by atoms with Crippen molar-refractivity contribution in [1.29, 1.82) is 0 Å². The van der Waals surface area contributed by atoms with E-state index < -0.39 is 10.2 Å². The number of likely N-dealkylation sites (N-methyl/N-ethyl adjacent to an activating group) is 1. The van der Waals surface area contributed by atoms with Crippen LogP contribution in [0.2, 0.25) is 0 Å². The van der Waals surface area contributed by atoms with Gasteiger partial charge in [0, 0.05) is 38.8 Å². The molecule has 2 aliphatic rings. The average Bonchev–Trinajstić information content (AvgIpc) is 2.41. The van der Waals surface area contributed by atoms with E-state index in [-0.39, 0.29) is 6.04 Å². The zero-order valence-corrected chi connectivity index (χ0v) is 12.8. The molecule has 2 N–H and O–H groups in total. The second-order valence-corrected chi connectivity index (χ2v) is 7.73. The van der Waals surface area contributed by atoms with Crippen LogP contribution in [0, 0.1) is 5.92 Å². The van der Waals surface area contributed by atoms with Crippen LogP contribution >= 0.6 is 0 Å². The smallest absolute Gasteiger partial charge is 0.282 e. The molecular weight excluding hydrogens is 264 g/mol. The maximum atomic E-state index is 12.6. The highest BCUT2D eigenvalue weighted by Gasteiger charge is 2.36. The van der Waals surface area contributed by atoms with Gasteiger partial charge in [-0.3, -0.25) is 0 Å². The van der Waals surface area contributed by atoms with Crippen molar-refractivity contribution in [3.8, 4) is 0 Å². The predicted octanol–water partition coefficient (Wildman–Crippen LogP) is -0.462. The molecule has 112 valence electrons. The molecule has 7 heteroatoms. The second kappa shape index (κ2) is 6.05. The first-order valence-electron chi connectivity index (χ1n) is 7.10. The van der Waals surface area contributed by atoms with Gasteiger partial charge in [-0.05, 0) is 39.3 Å². The molecule has 2 unspecified atom stereocenters. The van der Waals surface area contributed by atoms with E-state index in [9.17, 15) is 8.42 Å². The van der Waals surface area contributed by atoms with E-state index in [0.717, 1.165) is 19.4 Å². The van der Waals surface area contributed by atoms with Crippen LogP contribution in [-0.4, -0.2) is 74.3 Å². The third kappa shape index (κ3) is 3.28. The summed E-state index contributed by atoms with van der Waals surface area (Å²) in [6.07, 6.45) is 1.96. The maximum Gasteiger partial charge on any atom is 0.282 e. The van der Waals surface area contributed by atoms with Gasteiger partial charge in [-0.2, -0.15) is 17.0 Å². The molecule has 0 spiro atoms. The summed E-state index contributed by atoms with van der Waals surface area (Å²) in [5, 5.41) is 0. The lowest BCUT2D eigenvalue weighted by Crippen LogP contribution is -2.56. The van der Waals surface area contributed by atoms with Gasteiger partial charge in [0.1, 0.15) is 0 Å². The molecule has 0 saturated carbocycles. The highest BCUT2D eigenvalue weighted by molar-refractivity contribution is 7.86. The highest BCUT2D eigenvalue weighted by atomic mass is 32.2. The maximum absolute atomic E-state index is 12.6. The Labute approximate surface area is 116 Å². The molecule has 0 aliphatic carbocycles. The summed E-state index contributed by atoms with van der Waals surface area (Å²) in [6.45, 7) is 5.84. The zero-order valence-electron chi connectivity index (χ0n) is 12.0. The van der Waals surface area contributed by atoms with Crippen LogP contribution in [0.3, 0.4) is 0 Å². The topological polar surface area (TPSA) is 69.9 Å². The fourth-order valence-electron chi connectivity index (χ4n) is 2.82. The fraction of sp³-hybridized carbons (Fsp3) is 1.00. The molecule has 2 saturated heterocycles. The van der Waals surface area contributed by atoms with Crippen molar-refractivity contribution < 1.29 is 8.42 Å². The number of hydrogen-bond donors (Lipinski definition) is 1. The van der Waals surface area contributed by atoms with Gasteiger partial charge in [0.15, 0.2) is 0 Å². The molecule has 19 heavy (non-hydrogen) atoms. The summed E-state index contributed by atoms with van der Waals surface area (Å²) in [5.41, 5.74) is 5.69. The lowest BCUT2D eigenvalue weighted by molar-refractivity contribution is 0.149. The number of piperazine rings is 1. The Kier molecular flexibility index (Phi) is 4.84. The van der Waals surface area contributed by atoms with Crippen LogP contribution in [0.1, 0.15) is 19.8 Å². The van der Waals surface area contributed by atoms with Crippen molar-refractivity contribution in [2.24, 2.45) is 11.7 Å². The number of nitrogens with zero attached hydrogens (tertiary/aromatic N) is 3. The van der Waals surface area contributed by atoms with Crippen LogP contribution in [0.25, 0.3) is 0 Å². The van der Waals surface area contributed by atoms with Crippen LogP contribution in [0.4, 0.5) is 0 Å². The van der Waals surface area contributed by atoms with Gasteiger partial charge < -0.3 is 10.6 Å². The third-order valence-corrected chi connectivity index (χ3v) is 6.36. The molecule has 0 aromatic carbocycles. The molecule has 2 fully saturated rings. The van der Waals surface area contributed by atoms with Gasteiger partial charge in [-0.1, -0.05) is 0 Å². The minimum absolute atomic E-state index is 0.277. The van der Waals surface area contributed by atoms with Crippen molar-refractivity contribution in [2.75, 3.05) is 46.3 Å². The van der Waals surface area contributed by atoms with Crippen LogP contribution in [0.15, 0.2) is 0 Å². The lowest BCUT2D eigenvalue weighted by Gasteiger charge is -2.40. The molecule has 2 heterocycles. The minimum Gasteiger partial charge on any atom is -0.330 e. The summed E-state index contributed by atoms with van der Waals surface area (Å²) in [6, 6.07) is 0.277. The Morgan fingerprint density at radius 1 is 1.16 bits per heavy atom. The summed E-state index contributed by atoms with van der Waals surface area (Å²) < 4.78 is 28.6. The summed E-state index contributed by atoms with van der Waals surface area (Å²) in [5.74, 6) is 0.313. The Balaban J connectivity index is 2.05. The molecule has 2 atom stereocenters. The molecule has 6 nitrogen and oxygen atoms in total. The van der Waals surface area contributed by atoms with Gasteiger partial charge in [0.25, 0.3) is 10.2 Å². The Morgan fingerprint density at radius 2 is 1.84 bits per heavy atom. The molecule has 0 aromatic rings. The zero-order chi connectivity index (χ0) is 14.0. The first-order valence-corrected chi connectivity index (χ1v) is 8.50. The van der Waals surface area contributed by atoms with Crippen molar-refractivity contribution in [2.45, 2.75) is 25.8 Å². The molecule has 2 aliphatic heterocycles.